The number of pyridine rings is 1. The molecule has 0 aliphatic rings. The average Bonchev–Trinajstić information content (AvgIpc) is 2.21. The molecule has 0 bridgehead atoms. The maximum Gasteiger partial charge on any atom is 0.128 e. The van der Waals surface area contributed by atoms with E-state index in [0.717, 1.165) is 11.5 Å². The fraction of sp³-hybridized carbons (Fsp3) is 0.455. The summed E-state index contributed by atoms with van der Waals surface area (Å²) in [6.07, 6.45) is 0. The number of hydrogen-bond donors (Lipinski definition) is 1. The van der Waals surface area contributed by atoms with Crippen molar-refractivity contribution in [1.82, 2.24) is 4.98 Å². The van der Waals surface area contributed by atoms with Crippen LogP contribution in [0.3, 0.4) is 0 Å². The molecule has 0 aliphatic carbocycles. The molecule has 0 fully saturated rings. The van der Waals surface area contributed by atoms with Gasteiger partial charge in [-0.3, -0.25) is 0 Å². The lowest BCUT2D eigenvalue weighted by Gasteiger charge is -2.19. The predicted octanol–water partition coefficient (Wildman–Crippen LogP) is 1.57. The van der Waals surface area contributed by atoms with E-state index in [4.69, 9.17) is 11.0 Å². The minimum absolute atomic E-state index is 0.00495. The van der Waals surface area contributed by atoms with Gasteiger partial charge in [-0.05, 0) is 26.0 Å². The Kier molecular flexibility index (Phi) is 3.51. The van der Waals surface area contributed by atoms with Crippen LogP contribution in [-0.2, 0) is 0 Å². The Labute approximate surface area is 90.3 Å². The molecule has 15 heavy (non-hydrogen) atoms. The third-order valence-corrected chi connectivity index (χ3v) is 2.27. The summed E-state index contributed by atoms with van der Waals surface area (Å²) in [5.74, 6) is 0.846. The van der Waals surface area contributed by atoms with E-state index in [9.17, 15) is 0 Å². The van der Waals surface area contributed by atoms with Gasteiger partial charge in [-0.2, -0.15) is 5.26 Å². The summed E-state index contributed by atoms with van der Waals surface area (Å²) in [5.41, 5.74) is 7.20. The smallest absolute Gasteiger partial charge is 0.128 e. The van der Waals surface area contributed by atoms with Crippen LogP contribution in [-0.4, -0.2) is 18.6 Å². The molecule has 4 heteroatoms. The first-order chi connectivity index (χ1) is 7.04. The normalized spacial score (nSPS) is 11.9. The van der Waals surface area contributed by atoms with Gasteiger partial charge in [0.25, 0.3) is 0 Å². The number of nitrogens with two attached hydrogens (primary N) is 1. The molecule has 1 aromatic rings. The Hall–Kier alpha value is -1.76. The van der Waals surface area contributed by atoms with Gasteiger partial charge in [0.15, 0.2) is 0 Å². The number of anilines is 2. The van der Waals surface area contributed by atoms with Gasteiger partial charge in [0, 0.05) is 13.6 Å². The third-order valence-electron chi connectivity index (χ3n) is 2.27. The second kappa shape index (κ2) is 4.65. The van der Waals surface area contributed by atoms with E-state index < -0.39 is 0 Å². The SMILES string of the molecule is Cc1nc(N(C)CC(C)C#N)ccc1N. The summed E-state index contributed by atoms with van der Waals surface area (Å²) < 4.78 is 0. The molecule has 1 rings (SSSR count). The van der Waals surface area contributed by atoms with Crippen molar-refractivity contribution < 1.29 is 0 Å². The molecule has 80 valence electrons. The van der Waals surface area contributed by atoms with Crippen molar-refractivity contribution >= 4 is 11.5 Å². The van der Waals surface area contributed by atoms with Gasteiger partial charge in [0.2, 0.25) is 0 Å². The lowest BCUT2D eigenvalue weighted by Crippen LogP contribution is -2.24. The Morgan fingerprint density at radius 1 is 1.60 bits per heavy atom. The molecule has 1 unspecified atom stereocenters. The highest BCUT2D eigenvalue weighted by molar-refractivity contribution is 5.50. The van der Waals surface area contributed by atoms with Crippen molar-refractivity contribution in [3.8, 4) is 6.07 Å². The molecule has 0 saturated heterocycles. The minimum atomic E-state index is -0.00495. The quantitative estimate of drug-likeness (QED) is 0.811. The van der Waals surface area contributed by atoms with E-state index in [-0.39, 0.29) is 5.92 Å². The molecule has 1 heterocycles. The van der Waals surface area contributed by atoms with Gasteiger partial charge < -0.3 is 10.6 Å². The molecule has 0 amide bonds. The van der Waals surface area contributed by atoms with E-state index >= 15 is 0 Å². The molecule has 1 atom stereocenters. The molecular weight excluding hydrogens is 188 g/mol. The minimum Gasteiger partial charge on any atom is -0.397 e. The van der Waals surface area contributed by atoms with Crippen LogP contribution in [0, 0.1) is 24.2 Å². The molecule has 0 aliphatic heterocycles. The molecule has 4 nitrogen and oxygen atoms in total. The number of nitrogen functional groups attached to an aromatic ring is 1. The van der Waals surface area contributed by atoms with Crippen LogP contribution in [0.1, 0.15) is 12.6 Å². The fourth-order valence-electron chi connectivity index (χ4n) is 1.32. The third kappa shape index (κ3) is 2.84. The first-order valence-electron chi connectivity index (χ1n) is 4.88. The number of rotatable bonds is 3. The summed E-state index contributed by atoms with van der Waals surface area (Å²) in [7, 11) is 1.92. The van der Waals surface area contributed by atoms with E-state index in [2.05, 4.69) is 11.1 Å². The summed E-state index contributed by atoms with van der Waals surface area (Å²) in [6.45, 7) is 4.44. The topological polar surface area (TPSA) is 65.9 Å². The van der Waals surface area contributed by atoms with Crippen LogP contribution in [0.25, 0.3) is 0 Å². The Bertz CT molecular complexity index is 381. The van der Waals surface area contributed by atoms with Gasteiger partial charge in [-0.25, -0.2) is 4.98 Å². The summed E-state index contributed by atoms with van der Waals surface area (Å²) in [5, 5.41) is 8.71. The van der Waals surface area contributed by atoms with Crippen LogP contribution in [0.2, 0.25) is 0 Å². The number of hydrogen-bond acceptors (Lipinski definition) is 4. The standard InChI is InChI=1S/C11H16N4/c1-8(6-12)7-15(3)11-5-4-10(13)9(2)14-11/h4-5,8H,7,13H2,1-3H3. The maximum absolute atomic E-state index is 8.71. The first kappa shape index (κ1) is 11.3. The number of nitriles is 1. The average molecular weight is 204 g/mol. The highest BCUT2D eigenvalue weighted by atomic mass is 15.2. The highest BCUT2D eigenvalue weighted by Gasteiger charge is 2.08. The van der Waals surface area contributed by atoms with Crippen molar-refractivity contribution in [2.75, 3.05) is 24.2 Å². The molecule has 1 aromatic heterocycles. The second-order valence-electron chi connectivity index (χ2n) is 3.75. The zero-order chi connectivity index (χ0) is 11.4. The molecule has 2 N–H and O–H groups in total. The Morgan fingerprint density at radius 3 is 2.80 bits per heavy atom. The largest absolute Gasteiger partial charge is 0.397 e. The van der Waals surface area contributed by atoms with Gasteiger partial charge in [-0.15, -0.1) is 0 Å². The van der Waals surface area contributed by atoms with Gasteiger partial charge >= 0.3 is 0 Å². The van der Waals surface area contributed by atoms with Crippen LogP contribution in [0.5, 0.6) is 0 Å². The molecule has 0 radical (unpaired) electrons. The van der Waals surface area contributed by atoms with E-state index in [1.165, 1.54) is 0 Å². The number of aromatic nitrogens is 1. The molecule has 0 aromatic carbocycles. The van der Waals surface area contributed by atoms with Gasteiger partial charge in [0.1, 0.15) is 5.82 Å². The number of nitrogens with zero attached hydrogens (tertiary/aromatic N) is 3. The zero-order valence-electron chi connectivity index (χ0n) is 9.36. The lowest BCUT2D eigenvalue weighted by molar-refractivity contribution is 0.709. The van der Waals surface area contributed by atoms with E-state index in [1.54, 1.807) is 0 Å². The highest BCUT2D eigenvalue weighted by Crippen LogP contribution is 2.15. The predicted molar refractivity (Wildman–Crippen MR) is 61.4 cm³/mol. The summed E-state index contributed by atoms with van der Waals surface area (Å²) in [4.78, 5) is 6.31. The fourth-order valence-corrected chi connectivity index (χ4v) is 1.32. The molecule has 0 saturated carbocycles. The van der Waals surface area contributed by atoms with E-state index in [1.807, 2.05) is 37.9 Å². The van der Waals surface area contributed by atoms with Gasteiger partial charge in [0.05, 0.1) is 23.4 Å². The second-order valence-corrected chi connectivity index (χ2v) is 3.75. The van der Waals surface area contributed by atoms with Crippen molar-refractivity contribution in [3.05, 3.63) is 17.8 Å². The number of aryl methyl sites for hydroxylation is 1. The van der Waals surface area contributed by atoms with Crippen molar-refractivity contribution in [2.24, 2.45) is 5.92 Å². The van der Waals surface area contributed by atoms with Crippen LogP contribution >= 0.6 is 0 Å². The molecular formula is C11H16N4. The van der Waals surface area contributed by atoms with E-state index in [0.29, 0.717) is 12.2 Å². The Balaban J connectivity index is 2.79. The summed E-state index contributed by atoms with van der Waals surface area (Å²) in [6, 6.07) is 5.90. The molecule has 0 spiro atoms. The van der Waals surface area contributed by atoms with Crippen molar-refractivity contribution in [2.45, 2.75) is 13.8 Å². The Morgan fingerprint density at radius 2 is 2.27 bits per heavy atom. The zero-order valence-corrected chi connectivity index (χ0v) is 9.36. The lowest BCUT2D eigenvalue weighted by atomic mass is 10.2. The van der Waals surface area contributed by atoms with Crippen LogP contribution < -0.4 is 10.6 Å². The van der Waals surface area contributed by atoms with Crippen molar-refractivity contribution in [1.29, 1.82) is 5.26 Å². The monoisotopic (exact) mass is 204 g/mol. The van der Waals surface area contributed by atoms with Crippen molar-refractivity contribution in [3.63, 3.8) is 0 Å². The summed E-state index contributed by atoms with van der Waals surface area (Å²) >= 11 is 0. The maximum atomic E-state index is 8.71. The first-order valence-corrected chi connectivity index (χ1v) is 4.88. The van der Waals surface area contributed by atoms with Gasteiger partial charge in [-0.1, -0.05) is 0 Å². The van der Waals surface area contributed by atoms with Crippen LogP contribution in [0.4, 0.5) is 11.5 Å². The van der Waals surface area contributed by atoms with Crippen LogP contribution in [0.15, 0.2) is 12.1 Å².